The molecule has 25 heavy (non-hydrogen) atoms. The van der Waals surface area contributed by atoms with Crippen LogP contribution in [0.5, 0.6) is 0 Å². The summed E-state index contributed by atoms with van der Waals surface area (Å²) in [5.74, 6) is 0.306. The first-order valence-electron chi connectivity index (χ1n) is 10.7. The van der Waals surface area contributed by atoms with Crippen molar-refractivity contribution in [3.8, 4) is 0 Å². The van der Waals surface area contributed by atoms with E-state index in [0.29, 0.717) is 6.54 Å². The number of rotatable bonds is 10. The highest BCUT2D eigenvalue weighted by molar-refractivity contribution is 6.72. The molecule has 0 radical (unpaired) electrons. The molecule has 144 valence electrons. The molecule has 2 fully saturated rings. The lowest BCUT2D eigenvalue weighted by molar-refractivity contribution is -0.139. The van der Waals surface area contributed by atoms with E-state index in [0.717, 1.165) is 38.6 Å². The Morgan fingerprint density at radius 1 is 0.880 bits per heavy atom. The summed E-state index contributed by atoms with van der Waals surface area (Å²) in [6.45, 7) is 11.2. The van der Waals surface area contributed by atoms with Gasteiger partial charge in [0.15, 0.2) is 0 Å². The fourth-order valence-corrected chi connectivity index (χ4v) is 14.1. The highest BCUT2D eigenvalue weighted by Gasteiger charge is 2.47. The second-order valence-electron chi connectivity index (χ2n) is 7.86. The predicted octanol–water partition coefficient (Wildman–Crippen LogP) is 3.38. The molecule has 2 atom stereocenters. The van der Waals surface area contributed by atoms with E-state index in [-0.39, 0.29) is 23.7 Å². The van der Waals surface area contributed by atoms with Crippen LogP contribution < -0.4 is 0 Å². The predicted molar refractivity (Wildman–Crippen MR) is 110 cm³/mol. The summed E-state index contributed by atoms with van der Waals surface area (Å²) in [5.41, 5.74) is 0. The Labute approximate surface area is 157 Å². The Balaban J connectivity index is 1.94. The molecule has 0 aromatic heterocycles. The minimum absolute atomic E-state index is 0.0131. The topological polar surface area (TPSA) is 40.6 Å². The summed E-state index contributed by atoms with van der Waals surface area (Å²) >= 11 is 0. The van der Waals surface area contributed by atoms with Crippen LogP contribution in [-0.4, -0.2) is 52.0 Å². The molecule has 6 heteroatoms. The number of nitrogens with zero attached hydrogens (tertiary/aromatic N) is 2. The molecule has 1 heterocycles. The van der Waals surface area contributed by atoms with E-state index in [9.17, 15) is 9.59 Å². The van der Waals surface area contributed by atoms with Crippen molar-refractivity contribution in [3.05, 3.63) is 0 Å². The van der Waals surface area contributed by atoms with Crippen LogP contribution in [0.15, 0.2) is 0 Å². The second-order valence-corrected chi connectivity index (χ2v) is 15.7. The third-order valence-electron chi connectivity index (χ3n) is 6.55. The van der Waals surface area contributed by atoms with Gasteiger partial charge in [0.1, 0.15) is 17.9 Å². The van der Waals surface area contributed by atoms with Crippen molar-refractivity contribution in [2.45, 2.75) is 84.0 Å². The first-order valence-corrected chi connectivity index (χ1v) is 15.0. The van der Waals surface area contributed by atoms with Gasteiger partial charge in [-0.25, -0.2) is 0 Å². The first kappa shape index (κ1) is 20.8. The Bertz CT molecular complexity index is 417. The monoisotopic (exact) mass is 382 g/mol. The summed E-state index contributed by atoms with van der Waals surface area (Å²) < 4.78 is 2.91. The number of imide groups is 1. The number of fused-ring (bicyclic) bond motifs is 1. The maximum Gasteiger partial charge on any atom is 0.233 e. The molecule has 1 aliphatic heterocycles. The van der Waals surface area contributed by atoms with Crippen LogP contribution in [0, 0.1) is 11.8 Å². The van der Waals surface area contributed by atoms with Crippen molar-refractivity contribution >= 4 is 29.7 Å². The summed E-state index contributed by atoms with van der Waals surface area (Å²) in [7, 11) is -1.63. The second kappa shape index (κ2) is 10.0. The van der Waals surface area contributed by atoms with Crippen LogP contribution in [-0.2, 0) is 9.59 Å². The molecule has 2 unspecified atom stereocenters. The van der Waals surface area contributed by atoms with Gasteiger partial charge in [0.2, 0.25) is 11.8 Å². The molecular weight excluding hydrogens is 344 g/mol. The van der Waals surface area contributed by atoms with E-state index in [4.69, 9.17) is 0 Å². The van der Waals surface area contributed by atoms with Crippen LogP contribution in [0.1, 0.15) is 59.8 Å². The maximum absolute atomic E-state index is 12.6. The molecule has 1 saturated heterocycles. The van der Waals surface area contributed by atoms with Crippen LogP contribution in [0.3, 0.4) is 0 Å². The molecule has 4 nitrogen and oxygen atoms in total. The SMILES string of the molecule is CC[SiH](CC)N(CCCN1C(=O)C2CCCCC2C1=O)[SiH](CC)CC. The van der Waals surface area contributed by atoms with Gasteiger partial charge in [-0.05, 0) is 25.8 Å². The third-order valence-corrected chi connectivity index (χ3v) is 15.2. The van der Waals surface area contributed by atoms with Gasteiger partial charge < -0.3 is 4.23 Å². The average Bonchev–Trinajstić information content (AvgIpc) is 2.88. The van der Waals surface area contributed by atoms with Gasteiger partial charge in [-0.2, -0.15) is 0 Å². The van der Waals surface area contributed by atoms with E-state index in [1.165, 1.54) is 24.2 Å². The maximum atomic E-state index is 12.6. The fraction of sp³-hybridized carbons (Fsp3) is 0.895. The molecule has 2 amide bonds. The van der Waals surface area contributed by atoms with Gasteiger partial charge in [0.05, 0.1) is 11.8 Å². The van der Waals surface area contributed by atoms with Gasteiger partial charge >= 0.3 is 0 Å². The zero-order chi connectivity index (χ0) is 18.4. The van der Waals surface area contributed by atoms with E-state index >= 15 is 0 Å². The zero-order valence-corrected chi connectivity index (χ0v) is 19.1. The molecule has 2 aliphatic rings. The van der Waals surface area contributed by atoms with Crippen molar-refractivity contribution < 1.29 is 9.59 Å². The van der Waals surface area contributed by atoms with Crippen molar-refractivity contribution in [3.63, 3.8) is 0 Å². The number of likely N-dealkylation sites (tertiary alicyclic amines) is 1. The van der Waals surface area contributed by atoms with Gasteiger partial charge in [-0.15, -0.1) is 0 Å². The number of carbonyl (C=O) groups excluding carboxylic acids is 2. The molecule has 1 saturated carbocycles. The lowest BCUT2D eigenvalue weighted by atomic mass is 9.81. The number of hydrogen-bond acceptors (Lipinski definition) is 3. The van der Waals surface area contributed by atoms with Crippen LogP contribution in [0.25, 0.3) is 0 Å². The summed E-state index contributed by atoms with van der Waals surface area (Å²) in [5, 5.41) is 0. The smallest absolute Gasteiger partial charge is 0.233 e. The Morgan fingerprint density at radius 2 is 1.32 bits per heavy atom. The van der Waals surface area contributed by atoms with Crippen molar-refractivity contribution in [2.24, 2.45) is 11.8 Å². The third kappa shape index (κ3) is 4.63. The van der Waals surface area contributed by atoms with E-state index in [2.05, 4.69) is 31.9 Å². The largest absolute Gasteiger partial charge is 0.350 e. The molecule has 0 spiro atoms. The molecule has 0 bridgehead atoms. The van der Waals surface area contributed by atoms with E-state index in [1.54, 1.807) is 4.90 Å². The molecule has 0 aromatic carbocycles. The lowest BCUT2D eigenvalue weighted by Crippen LogP contribution is -2.49. The first-order chi connectivity index (χ1) is 12.1. The summed E-state index contributed by atoms with van der Waals surface area (Å²) in [4.78, 5) is 26.9. The number of hydrogen-bond donors (Lipinski definition) is 0. The van der Waals surface area contributed by atoms with Gasteiger partial charge in [-0.1, -0.05) is 64.7 Å². The highest BCUT2D eigenvalue weighted by Crippen LogP contribution is 2.38. The lowest BCUT2D eigenvalue weighted by Gasteiger charge is -2.36. The minimum atomic E-state index is -0.817. The average molecular weight is 383 g/mol. The zero-order valence-electron chi connectivity index (χ0n) is 16.8. The minimum Gasteiger partial charge on any atom is -0.350 e. The molecule has 0 aromatic rings. The molecule has 1 aliphatic carbocycles. The van der Waals surface area contributed by atoms with Crippen LogP contribution in [0.2, 0.25) is 24.2 Å². The Hall–Kier alpha value is -0.466. The van der Waals surface area contributed by atoms with Crippen molar-refractivity contribution in [1.29, 1.82) is 0 Å². The van der Waals surface area contributed by atoms with Crippen molar-refractivity contribution in [2.75, 3.05) is 13.1 Å². The Morgan fingerprint density at radius 3 is 1.72 bits per heavy atom. The molecule has 0 N–H and O–H groups in total. The Kier molecular flexibility index (Phi) is 8.35. The van der Waals surface area contributed by atoms with Gasteiger partial charge in [0, 0.05) is 6.54 Å². The molecular formula is C19H38N2O2Si2. The van der Waals surface area contributed by atoms with E-state index in [1.807, 2.05) is 0 Å². The quantitative estimate of drug-likeness (QED) is 0.429. The molecule has 2 rings (SSSR count). The standard InChI is InChI=1S/C19H38N2O2Si2/c1-5-24(6-2)21(25(7-3)8-4)15-11-14-20-18(22)16-12-9-10-13-17(16)19(20)23/h16-17,24-25H,5-15H2,1-4H3. The fourth-order valence-electron chi connectivity index (χ4n) is 5.04. The summed E-state index contributed by atoms with van der Waals surface area (Å²) in [6.07, 6.45) is 5.06. The van der Waals surface area contributed by atoms with Crippen LogP contribution in [0.4, 0.5) is 0 Å². The number of carbonyl (C=O) groups is 2. The summed E-state index contributed by atoms with van der Waals surface area (Å²) in [6, 6.07) is 5.36. The van der Waals surface area contributed by atoms with Gasteiger partial charge in [0.25, 0.3) is 0 Å². The number of amides is 2. The van der Waals surface area contributed by atoms with Crippen molar-refractivity contribution in [1.82, 2.24) is 9.13 Å². The highest BCUT2D eigenvalue weighted by atomic mass is 28.4. The van der Waals surface area contributed by atoms with E-state index < -0.39 is 17.9 Å². The van der Waals surface area contributed by atoms with Gasteiger partial charge in [-0.3, -0.25) is 14.5 Å². The van der Waals surface area contributed by atoms with Crippen LogP contribution >= 0.6 is 0 Å². The normalized spacial score (nSPS) is 24.0.